The summed E-state index contributed by atoms with van der Waals surface area (Å²) in [6, 6.07) is 2.75. The van der Waals surface area contributed by atoms with Crippen LogP contribution in [0.15, 0.2) is 12.1 Å². The molecule has 1 saturated heterocycles. The maximum Gasteiger partial charge on any atom is 0.311 e. The second kappa shape index (κ2) is 4.70. The Morgan fingerprint density at radius 2 is 2.39 bits per heavy atom. The van der Waals surface area contributed by atoms with Gasteiger partial charge in [-0.15, -0.1) is 0 Å². The van der Waals surface area contributed by atoms with Crippen LogP contribution in [0.5, 0.6) is 0 Å². The van der Waals surface area contributed by atoms with E-state index >= 15 is 0 Å². The monoisotopic (exact) mass is 271 g/mol. The first kappa shape index (κ1) is 13.0. The molecule has 2 atom stereocenters. The molecule has 1 aromatic heterocycles. The molecule has 7 heteroatoms. The summed E-state index contributed by atoms with van der Waals surface area (Å²) in [7, 11) is 0. The highest BCUT2D eigenvalue weighted by Crippen LogP contribution is 2.33. The largest absolute Gasteiger partial charge is 0.376 e. The quantitative estimate of drug-likeness (QED) is 0.519. The number of aromatic nitrogens is 1. The Labute approximate surface area is 109 Å². The molecule has 2 rings (SSSR count). The number of hydrogen-bond donors (Lipinski definition) is 1. The first-order valence-electron chi connectivity index (χ1n) is 5.63. The van der Waals surface area contributed by atoms with Gasteiger partial charge in [-0.25, -0.2) is 4.98 Å². The minimum Gasteiger partial charge on any atom is -0.376 e. The van der Waals surface area contributed by atoms with Gasteiger partial charge in [0, 0.05) is 12.7 Å². The zero-order chi connectivity index (χ0) is 13.3. The average Bonchev–Trinajstić information content (AvgIpc) is 2.58. The Bertz CT molecular complexity index is 483. The van der Waals surface area contributed by atoms with Gasteiger partial charge in [-0.1, -0.05) is 11.6 Å². The van der Waals surface area contributed by atoms with Gasteiger partial charge in [0.2, 0.25) is 5.82 Å². The van der Waals surface area contributed by atoms with Crippen LogP contribution < -0.4 is 5.32 Å². The fourth-order valence-corrected chi connectivity index (χ4v) is 2.08. The Morgan fingerprint density at radius 3 is 2.94 bits per heavy atom. The molecule has 2 heterocycles. The van der Waals surface area contributed by atoms with Crippen molar-refractivity contribution in [2.45, 2.75) is 31.9 Å². The van der Waals surface area contributed by atoms with E-state index < -0.39 is 4.92 Å². The van der Waals surface area contributed by atoms with Crippen LogP contribution in [-0.4, -0.2) is 28.2 Å². The smallest absolute Gasteiger partial charge is 0.311 e. The maximum atomic E-state index is 10.9. The lowest BCUT2D eigenvalue weighted by Gasteiger charge is -2.29. The molecule has 6 nitrogen and oxygen atoms in total. The number of nitrogens with zero attached hydrogens (tertiary/aromatic N) is 2. The molecular weight excluding hydrogens is 258 g/mol. The molecule has 98 valence electrons. The van der Waals surface area contributed by atoms with E-state index in [2.05, 4.69) is 10.3 Å². The zero-order valence-corrected chi connectivity index (χ0v) is 10.9. The van der Waals surface area contributed by atoms with Crippen LogP contribution in [0.3, 0.4) is 0 Å². The van der Waals surface area contributed by atoms with Crippen molar-refractivity contribution in [3.63, 3.8) is 0 Å². The van der Waals surface area contributed by atoms with Gasteiger partial charge in [-0.05, 0) is 26.3 Å². The summed E-state index contributed by atoms with van der Waals surface area (Å²) in [6.07, 6.45) is 0.720. The molecule has 0 saturated carbocycles. The van der Waals surface area contributed by atoms with Gasteiger partial charge in [0.05, 0.1) is 16.6 Å². The van der Waals surface area contributed by atoms with Crippen molar-refractivity contribution in [2.24, 2.45) is 0 Å². The molecule has 0 aliphatic carbocycles. The van der Waals surface area contributed by atoms with Crippen molar-refractivity contribution < 1.29 is 9.66 Å². The third kappa shape index (κ3) is 2.39. The molecular formula is C11H14ClN3O3. The van der Waals surface area contributed by atoms with Crippen LogP contribution in [0, 0.1) is 10.1 Å². The number of nitrogens with one attached hydrogen (secondary N) is 1. The lowest BCUT2D eigenvalue weighted by atomic mass is 9.94. The molecule has 1 N–H and O–H groups in total. The van der Waals surface area contributed by atoms with Crippen molar-refractivity contribution in [3.05, 3.63) is 27.4 Å². The number of pyridine rings is 1. The summed E-state index contributed by atoms with van der Waals surface area (Å²) < 4.78 is 5.48. The third-order valence-corrected chi connectivity index (χ3v) is 3.54. The summed E-state index contributed by atoms with van der Waals surface area (Å²) in [6.45, 7) is 4.51. The van der Waals surface area contributed by atoms with Crippen LogP contribution in [0.25, 0.3) is 0 Å². The highest BCUT2D eigenvalue weighted by atomic mass is 35.5. The summed E-state index contributed by atoms with van der Waals surface area (Å²) >= 11 is 5.78. The first-order valence-corrected chi connectivity index (χ1v) is 6.01. The number of nitro groups is 1. The van der Waals surface area contributed by atoms with Crippen molar-refractivity contribution in [1.82, 2.24) is 4.98 Å². The minimum atomic E-state index is -0.477. The lowest BCUT2D eigenvalue weighted by molar-refractivity contribution is -0.384. The van der Waals surface area contributed by atoms with Crippen molar-refractivity contribution in [1.29, 1.82) is 0 Å². The number of ether oxygens (including phenoxy) is 1. The van der Waals surface area contributed by atoms with Gasteiger partial charge in [-0.3, -0.25) is 10.1 Å². The standard InChI is InChI=1S/C11H14ClN3O3/c1-7-11(2,5-6-18-7)14-10-8(15(16)17)3-4-9(12)13-10/h3-4,7H,5-6H2,1-2H3,(H,13,14). The molecule has 0 aromatic carbocycles. The van der Waals surface area contributed by atoms with Crippen molar-refractivity contribution in [3.8, 4) is 0 Å². The number of rotatable bonds is 3. The summed E-state index contributed by atoms with van der Waals surface area (Å²) in [5, 5.41) is 14.3. The molecule has 18 heavy (non-hydrogen) atoms. The van der Waals surface area contributed by atoms with Gasteiger partial charge in [0.15, 0.2) is 0 Å². The lowest BCUT2D eigenvalue weighted by Crippen LogP contribution is -2.41. The minimum absolute atomic E-state index is 0.0436. The second-order valence-corrected chi connectivity index (χ2v) is 4.95. The van der Waals surface area contributed by atoms with E-state index in [0.29, 0.717) is 6.61 Å². The summed E-state index contributed by atoms with van der Waals surface area (Å²) in [5.41, 5.74) is -0.456. The van der Waals surface area contributed by atoms with Crippen LogP contribution in [0.4, 0.5) is 11.5 Å². The number of hydrogen-bond acceptors (Lipinski definition) is 5. The summed E-state index contributed by atoms with van der Waals surface area (Å²) in [4.78, 5) is 14.5. The zero-order valence-electron chi connectivity index (χ0n) is 10.1. The van der Waals surface area contributed by atoms with E-state index in [1.54, 1.807) is 0 Å². The normalized spacial score (nSPS) is 27.2. The van der Waals surface area contributed by atoms with Gasteiger partial charge in [-0.2, -0.15) is 0 Å². The topological polar surface area (TPSA) is 77.3 Å². The molecule has 0 bridgehead atoms. The molecule has 1 aromatic rings. The molecule has 1 fully saturated rings. The van der Waals surface area contributed by atoms with Crippen LogP contribution >= 0.6 is 11.6 Å². The van der Waals surface area contributed by atoms with Crippen LogP contribution in [-0.2, 0) is 4.74 Å². The van der Waals surface area contributed by atoms with E-state index in [1.807, 2.05) is 13.8 Å². The van der Waals surface area contributed by atoms with E-state index in [4.69, 9.17) is 16.3 Å². The van der Waals surface area contributed by atoms with E-state index in [9.17, 15) is 10.1 Å². The van der Waals surface area contributed by atoms with Gasteiger partial charge in [0.1, 0.15) is 5.15 Å². The summed E-state index contributed by atoms with van der Waals surface area (Å²) in [5.74, 6) is 0.187. The van der Waals surface area contributed by atoms with Gasteiger partial charge in [0.25, 0.3) is 0 Å². The Morgan fingerprint density at radius 1 is 1.67 bits per heavy atom. The number of anilines is 1. The molecule has 1 aliphatic rings. The fourth-order valence-electron chi connectivity index (χ4n) is 1.94. The van der Waals surface area contributed by atoms with E-state index in [0.717, 1.165) is 6.42 Å². The Balaban J connectivity index is 2.33. The van der Waals surface area contributed by atoms with Crippen molar-refractivity contribution in [2.75, 3.05) is 11.9 Å². The van der Waals surface area contributed by atoms with Gasteiger partial charge >= 0.3 is 5.69 Å². The Kier molecular flexibility index (Phi) is 3.41. The highest BCUT2D eigenvalue weighted by Gasteiger charge is 2.38. The Hall–Kier alpha value is -1.40. The maximum absolute atomic E-state index is 10.9. The van der Waals surface area contributed by atoms with E-state index in [1.165, 1.54) is 12.1 Å². The van der Waals surface area contributed by atoms with Gasteiger partial charge < -0.3 is 10.1 Å². The van der Waals surface area contributed by atoms with Crippen molar-refractivity contribution >= 4 is 23.1 Å². The average molecular weight is 272 g/mol. The molecule has 2 unspecified atom stereocenters. The predicted molar refractivity (Wildman–Crippen MR) is 68.0 cm³/mol. The number of halogens is 1. The third-order valence-electron chi connectivity index (χ3n) is 3.33. The fraction of sp³-hybridized carbons (Fsp3) is 0.545. The van der Waals surface area contributed by atoms with E-state index in [-0.39, 0.29) is 28.3 Å². The van der Waals surface area contributed by atoms with Crippen LogP contribution in [0.1, 0.15) is 20.3 Å². The molecule has 1 aliphatic heterocycles. The predicted octanol–water partition coefficient (Wildman–Crippen LogP) is 2.62. The highest BCUT2D eigenvalue weighted by molar-refractivity contribution is 6.29. The first-order chi connectivity index (χ1) is 8.42. The molecule has 0 amide bonds. The van der Waals surface area contributed by atoms with Crippen LogP contribution in [0.2, 0.25) is 5.15 Å². The molecule has 0 spiro atoms. The SMILES string of the molecule is CC1OCCC1(C)Nc1nc(Cl)ccc1[N+](=O)[O-]. The second-order valence-electron chi connectivity index (χ2n) is 4.56. The molecule has 0 radical (unpaired) electrons.